The lowest BCUT2D eigenvalue weighted by Gasteiger charge is -2.32. The zero-order chi connectivity index (χ0) is 22.5. The van der Waals surface area contributed by atoms with Crippen molar-refractivity contribution in [2.45, 2.75) is 44.2 Å². The minimum Gasteiger partial charge on any atom is -0.338 e. The summed E-state index contributed by atoms with van der Waals surface area (Å²) < 4.78 is 69.7. The van der Waals surface area contributed by atoms with E-state index in [0.717, 1.165) is 26.4 Å². The average Bonchev–Trinajstić information content (AvgIpc) is 3.26. The molecule has 2 aliphatic rings. The molecule has 0 aliphatic carbocycles. The number of carbonyl (C=O) groups is 1. The Hall–Kier alpha value is -2.50. The molecule has 0 spiro atoms. The maximum absolute atomic E-state index is 14.1. The van der Waals surface area contributed by atoms with Crippen molar-refractivity contribution < 1.29 is 26.7 Å². The first-order valence-corrected chi connectivity index (χ1v) is 9.90. The zero-order valence-electron chi connectivity index (χ0n) is 15.9. The van der Waals surface area contributed by atoms with E-state index in [1.54, 1.807) is 0 Å². The highest BCUT2D eigenvalue weighted by Gasteiger charge is 2.48. The molecule has 168 valence electrons. The molecule has 2 unspecified atom stereocenters. The number of rotatable bonds is 3. The van der Waals surface area contributed by atoms with Crippen molar-refractivity contribution in [3.63, 3.8) is 0 Å². The lowest BCUT2D eigenvalue weighted by atomic mass is 9.91. The van der Waals surface area contributed by atoms with Crippen LogP contribution >= 0.6 is 11.6 Å². The van der Waals surface area contributed by atoms with Crippen molar-refractivity contribution in [1.82, 2.24) is 24.2 Å². The first kappa shape index (κ1) is 21.7. The predicted octanol–water partition coefficient (Wildman–Crippen LogP) is 2.52. The molecule has 0 saturated carbocycles. The summed E-state index contributed by atoms with van der Waals surface area (Å²) in [5.41, 5.74) is -1.04. The zero-order valence-corrected chi connectivity index (χ0v) is 16.7. The topological polar surface area (TPSA) is 73.0 Å². The van der Waals surface area contributed by atoms with E-state index in [1.165, 1.54) is 0 Å². The van der Waals surface area contributed by atoms with E-state index >= 15 is 0 Å². The molecule has 0 aromatic carbocycles. The minimum absolute atomic E-state index is 0.0354. The van der Waals surface area contributed by atoms with Gasteiger partial charge in [-0.2, -0.15) is 18.3 Å². The monoisotopic (exact) mass is 465 g/mol. The fraction of sp³-hybridized carbons (Fsp3) is 0.556. The maximum atomic E-state index is 14.1. The molecule has 2 aromatic heterocycles. The molecule has 0 N–H and O–H groups in total. The second-order valence-electron chi connectivity index (χ2n) is 7.67. The molecule has 2 aliphatic heterocycles. The molecular formula is C18H17ClF5N5O2. The Morgan fingerprint density at radius 3 is 2.68 bits per heavy atom. The average molecular weight is 466 g/mol. The Morgan fingerprint density at radius 1 is 1.32 bits per heavy atom. The number of fused-ring (bicyclic) bond motifs is 1. The molecular weight excluding hydrogens is 449 g/mol. The number of hydrogen-bond acceptors (Lipinski definition) is 4. The van der Waals surface area contributed by atoms with Gasteiger partial charge in [-0.15, -0.1) is 0 Å². The van der Waals surface area contributed by atoms with Gasteiger partial charge < -0.3 is 4.90 Å². The van der Waals surface area contributed by atoms with Crippen LogP contribution in [0.25, 0.3) is 0 Å². The van der Waals surface area contributed by atoms with Crippen LogP contribution in [0.2, 0.25) is 5.02 Å². The van der Waals surface area contributed by atoms with Crippen molar-refractivity contribution in [2.75, 3.05) is 13.1 Å². The number of carbonyl (C=O) groups excluding carboxylic acids is 1. The molecule has 0 radical (unpaired) electrons. The highest BCUT2D eigenvalue weighted by atomic mass is 35.5. The van der Waals surface area contributed by atoms with Gasteiger partial charge in [0, 0.05) is 19.2 Å². The van der Waals surface area contributed by atoms with E-state index in [0.29, 0.717) is 0 Å². The van der Waals surface area contributed by atoms with Gasteiger partial charge in [-0.05, 0) is 18.9 Å². The Balaban J connectivity index is 1.71. The van der Waals surface area contributed by atoms with Crippen molar-refractivity contribution in [2.24, 2.45) is 5.92 Å². The Morgan fingerprint density at radius 2 is 2.06 bits per heavy atom. The molecule has 1 amide bonds. The number of halogens is 6. The van der Waals surface area contributed by atoms with E-state index in [2.05, 4.69) is 10.1 Å². The number of hydrogen-bond donors (Lipinski definition) is 0. The smallest absolute Gasteiger partial charge is 0.338 e. The molecule has 0 bridgehead atoms. The van der Waals surface area contributed by atoms with Crippen molar-refractivity contribution in [3.05, 3.63) is 45.1 Å². The Labute approximate surface area is 177 Å². The fourth-order valence-corrected chi connectivity index (χ4v) is 4.13. The molecule has 4 heterocycles. The molecule has 1 fully saturated rings. The van der Waals surface area contributed by atoms with Gasteiger partial charge in [0.05, 0.1) is 29.7 Å². The predicted molar refractivity (Wildman–Crippen MR) is 97.8 cm³/mol. The molecule has 1 saturated heterocycles. The van der Waals surface area contributed by atoms with Crippen LogP contribution in [0.1, 0.15) is 30.4 Å². The van der Waals surface area contributed by atoms with Gasteiger partial charge in [-0.25, -0.2) is 18.3 Å². The van der Waals surface area contributed by atoms with Gasteiger partial charge in [0.15, 0.2) is 0 Å². The molecule has 13 heteroatoms. The number of nitrogens with zero attached hydrogens (tertiary/aromatic N) is 5. The summed E-state index contributed by atoms with van der Waals surface area (Å²) in [5, 5.41) is 3.97. The van der Waals surface area contributed by atoms with Gasteiger partial charge >= 0.3 is 11.9 Å². The van der Waals surface area contributed by atoms with Crippen molar-refractivity contribution in [3.8, 4) is 0 Å². The van der Waals surface area contributed by atoms with E-state index in [9.17, 15) is 31.5 Å². The van der Waals surface area contributed by atoms with Crippen molar-refractivity contribution in [1.29, 1.82) is 0 Å². The third-order valence-corrected chi connectivity index (χ3v) is 5.77. The number of alkyl halides is 4. The Kier molecular flexibility index (Phi) is 5.52. The summed E-state index contributed by atoms with van der Waals surface area (Å²) in [6.07, 6.45) is -5.87. The number of amides is 1. The Bertz CT molecular complexity index is 1070. The van der Waals surface area contributed by atoms with Crippen molar-refractivity contribution >= 4 is 17.5 Å². The van der Waals surface area contributed by atoms with Gasteiger partial charge in [0.1, 0.15) is 23.9 Å². The van der Waals surface area contributed by atoms with Gasteiger partial charge in [-0.1, -0.05) is 11.6 Å². The van der Waals surface area contributed by atoms with E-state index in [-0.39, 0.29) is 36.1 Å². The van der Waals surface area contributed by atoms with Gasteiger partial charge in [-0.3, -0.25) is 14.3 Å². The number of pyridine rings is 1. The highest BCUT2D eigenvalue weighted by molar-refractivity contribution is 6.30. The second-order valence-corrected chi connectivity index (χ2v) is 8.11. The van der Waals surface area contributed by atoms with E-state index in [4.69, 9.17) is 11.6 Å². The highest BCUT2D eigenvalue weighted by Crippen LogP contribution is 2.39. The third-order valence-electron chi connectivity index (χ3n) is 5.56. The van der Waals surface area contributed by atoms with Crippen LogP contribution in [0, 0.1) is 11.7 Å². The number of likely N-dealkylation sites (tertiary alicyclic amines) is 1. The molecule has 3 atom stereocenters. The molecule has 4 rings (SSSR count). The van der Waals surface area contributed by atoms with Crippen LogP contribution in [-0.4, -0.2) is 55.6 Å². The maximum Gasteiger partial charge on any atom is 0.392 e. The lowest BCUT2D eigenvalue weighted by Crippen LogP contribution is -2.45. The quantitative estimate of drug-likeness (QED) is 0.653. The summed E-state index contributed by atoms with van der Waals surface area (Å²) in [6, 6.07) is -0.484. The second kappa shape index (κ2) is 7.88. The summed E-state index contributed by atoms with van der Waals surface area (Å²) in [7, 11) is 0. The number of aromatic nitrogens is 4. The standard InChI is InChI=1S/C18H17ClF5N5O2/c19-10-5-12(21)13(25-6-10)8-28-17(31)29-14(16(30)27-2-1-11(20)7-27)3-9(18(22,23)24)4-15(29)26-28/h5-6,9,11,14H,1-4,7-8H2/t9?,11-,14?/m0/s1. The van der Waals surface area contributed by atoms with E-state index in [1.807, 2.05) is 0 Å². The molecule has 7 nitrogen and oxygen atoms in total. The van der Waals surface area contributed by atoms with Crippen LogP contribution in [-0.2, 0) is 17.8 Å². The van der Waals surface area contributed by atoms with Crippen LogP contribution in [0.3, 0.4) is 0 Å². The van der Waals surface area contributed by atoms with Gasteiger partial charge in [0.25, 0.3) is 0 Å². The summed E-state index contributed by atoms with van der Waals surface area (Å²) in [5.74, 6) is -3.69. The first-order chi connectivity index (χ1) is 14.5. The first-order valence-electron chi connectivity index (χ1n) is 9.52. The normalized spacial score (nSPS) is 23.8. The van der Waals surface area contributed by atoms with Gasteiger partial charge in [0.2, 0.25) is 5.91 Å². The summed E-state index contributed by atoms with van der Waals surface area (Å²) in [4.78, 5) is 30.7. The largest absolute Gasteiger partial charge is 0.392 e. The summed E-state index contributed by atoms with van der Waals surface area (Å²) in [6.45, 7) is -0.620. The lowest BCUT2D eigenvalue weighted by molar-refractivity contribution is -0.183. The SMILES string of the molecule is O=C(C1CC(C(F)(F)F)Cc2nn(Cc3ncc(Cl)cc3F)c(=O)n21)N1CC[C@H](F)C1. The summed E-state index contributed by atoms with van der Waals surface area (Å²) >= 11 is 5.65. The molecule has 31 heavy (non-hydrogen) atoms. The molecule has 2 aromatic rings. The van der Waals surface area contributed by atoms with Crippen LogP contribution in [0.15, 0.2) is 17.1 Å². The van der Waals surface area contributed by atoms with Crippen LogP contribution in [0.4, 0.5) is 22.0 Å². The minimum atomic E-state index is -4.61. The fourth-order valence-electron chi connectivity index (χ4n) is 3.99. The van der Waals surface area contributed by atoms with Crippen LogP contribution in [0.5, 0.6) is 0 Å². The van der Waals surface area contributed by atoms with Crippen LogP contribution < -0.4 is 5.69 Å². The third kappa shape index (κ3) is 4.17. The van der Waals surface area contributed by atoms with E-state index < -0.39 is 61.1 Å².